The number of carbonyl (C=O) groups excluding carboxylic acids is 1. The monoisotopic (exact) mass is 464 g/mol. The molecule has 0 saturated heterocycles. The summed E-state index contributed by atoms with van der Waals surface area (Å²) in [6.45, 7) is 1.47. The molecular formula is C25H28N4O3S. The number of aryl methyl sites for hydroxylation is 2. The molecule has 0 spiro atoms. The van der Waals surface area contributed by atoms with Gasteiger partial charge < -0.3 is 9.88 Å². The van der Waals surface area contributed by atoms with Crippen LogP contribution in [0, 0.1) is 0 Å². The Morgan fingerprint density at radius 3 is 2.55 bits per heavy atom. The van der Waals surface area contributed by atoms with Gasteiger partial charge in [0.15, 0.2) is 0 Å². The van der Waals surface area contributed by atoms with Crippen LogP contribution in [0.3, 0.4) is 0 Å². The van der Waals surface area contributed by atoms with Gasteiger partial charge in [0.1, 0.15) is 0 Å². The minimum Gasteiger partial charge on any atom is -0.356 e. The zero-order chi connectivity index (χ0) is 23.1. The van der Waals surface area contributed by atoms with Crippen molar-refractivity contribution in [3.63, 3.8) is 0 Å². The second-order valence-electron chi connectivity index (χ2n) is 8.00. The fraction of sp³-hybridized carbons (Fsp3) is 0.280. The van der Waals surface area contributed by atoms with Crippen LogP contribution in [-0.4, -0.2) is 34.4 Å². The highest BCUT2D eigenvalue weighted by molar-refractivity contribution is 7.90. The van der Waals surface area contributed by atoms with E-state index in [0.717, 1.165) is 36.8 Å². The second kappa shape index (κ2) is 10.5. The predicted octanol–water partition coefficient (Wildman–Crippen LogP) is 3.99. The molecular weight excluding hydrogens is 436 g/mol. The van der Waals surface area contributed by atoms with Crippen LogP contribution in [0.4, 0.5) is 0 Å². The molecule has 1 N–H and O–H groups in total. The highest BCUT2D eigenvalue weighted by Crippen LogP contribution is 2.27. The highest BCUT2D eigenvalue weighted by atomic mass is 32.2. The number of nitrogens with zero attached hydrogens (tertiary/aromatic N) is 3. The van der Waals surface area contributed by atoms with Crippen LogP contribution < -0.4 is 5.32 Å². The van der Waals surface area contributed by atoms with Gasteiger partial charge in [0.2, 0.25) is 5.91 Å². The molecule has 0 saturated carbocycles. The molecule has 2 heterocycles. The summed E-state index contributed by atoms with van der Waals surface area (Å²) in [5.74, 6) is 0.0507. The molecule has 0 aliphatic heterocycles. The van der Waals surface area contributed by atoms with Gasteiger partial charge in [-0.05, 0) is 49.4 Å². The summed E-state index contributed by atoms with van der Waals surface area (Å²) in [6, 6.07) is 16.0. The normalized spacial score (nSPS) is 11.6. The smallest absolute Gasteiger partial charge is 0.268 e. The molecule has 0 atom stereocenters. The van der Waals surface area contributed by atoms with Gasteiger partial charge in [-0.2, -0.15) is 0 Å². The number of aromatic nitrogens is 3. The Morgan fingerprint density at radius 1 is 0.970 bits per heavy atom. The zero-order valence-electron chi connectivity index (χ0n) is 18.4. The van der Waals surface area contributed by atoms with E-state index in [1.807, 2.05) is 35.0 Å². The molecule has 33 heavy (non-hydrogen) atoms. The first-order valence-electron chi connectivity index (χ1n) is 11.2. The van der Waals surface area contributed by atoms with E-state index < -0.39 is 10.0 Å². The molecule has 2 aromatic heterocycles. The summed E-state index contributed by atoms with van der Waals surface area (Å²) in [5, 5.41) is 3.89. The SMILES string of the molecule is O=C(CCCCc1cn(S(=O)(=O)c2ccccc2)c2ccccc12)NCCCn1ccnc1. The van der Waals surface area contributed by atoms with E-state index >= 15 is 0 Å². The first kappa shape index (κ1) is 22.8. The highest BCUT2D eigenvalue weighted by Gasteiger charge is 2.20. The fourth-order valence-corrected chi connectivity index (χ4v) is 5.33. The number of rotatable bonds is 11. The van der Waals surface area contributed by atoms with E-state index in [4.69, 9.17) is 0 Å². The summed E-state index contributed by atoms with van der Waals surface area (Å²) in [6.07, 6.45) is 10.7. The van der Waals surface area contributed by atoms with E-state index in [1.165, 1.54) is 3.97 Å². The topological polar surface area (TPSA) is 86.0 Å². The van der Waals surface area contributed by atoms with Crippen molar-refractivity contribution in [2.45, 2.75) is 43.5 Å². The molecule has 4 rings (SSSR count). The number of hydrogen-bond donors (Lipinski definition) is 1. The van der Waals surface area contributed by atoms with Gasteiger partial charge in [-0.25, -0.2) is 17.4 Å². The number of carbonyl (C=O) groups is 1. The standard InChI is InChI=1S/C25H28N4O3S/c30-25(27-15-8-17-28-18-16-26-20-28)14-7-4-9-21-19-29(24-13-6-5-12-23(21)24)33(31,32)22-10-2-1-3-11-22/h1-3,5-6,10-13,16,18-20H,4,7-9,14-15,17H2,(H,27,30). The molecule has 0 radical (unpaired) electrons. The average Bonchev–Trinajstić information content (AvgIpc) is 3.49. The number of para-hydroxylation sites is 1. The van der Waals surface area contributed by atoms with Crippen molar-refractivity contribution >= 4 is 26.8 Å². The Labute approximate surface area is 194 Å². The third kappa shape index (κ3) is 5.51. The van der Waals surface area contributed by atoms with E-state index in [2.05, 4.69) is 10.3 Å². The molecule has 8 heteroatoms. The maximum Gasteiger partial charge on any atom is 0.268 e. The molecule has 0 unspecified atom stereocenters. The minimum atomic E-state index is -3.67. The van der Waals surface area contributed by atoms with Gasteiger partial charge in [-0.15, -0.1) is 0 Å². The quantitative estimate of drug-likeness (QED) is 0.340. The molecule has 0 aliphatic rings. The van der Waals surface area contributed by atoms with Crippen LogP contribution in [0.2, 0.25) is 0 Å². The number of hydrogen-bond acceptors (Lipinski definition) is 4. The third-order valence-electron chi connectivity index (χ3n) is 5.63. The minimum absolute atomic E-state index is 0.0507. The van der Waals surface area contributed by atoms with Crippen LogP contribution in [0.5, 0.6) is 0 Å². The van der Waals surface area contributed by atoms with Crippen molar-refractivity contribution in [2.75, 3.05) is 6.54 Å². The van der Waals surface area contributed by atoms with E-state index in [9.17, 15) is 13.2 Å². The van der Waals surface area contributed by atoms with Crippen molar-refractivity contribution in [1.82, 2.24) is 18.8 Å². The van der Waals surface area contributed by atoms with Gasteiger partial charge in [0.25, 0.3) is 10.0 Å². The van der Waals surface area contributed by atoms with E-state index in [-0.39, 0.29) is 10.8 Å². The number of nitrogens with one attached hydrogen (secondary N) is 1. The number of amides is 1. The predicted molar refractivity (Wildman–Crippen MR) is 128 cm³/mol. The molecule has 4 aromatic rings. The Hall–Kier alpha value is -3.39. The molecule has 0 fully saturated rings. The average molecular weight is 465 g/mol. The molecule has 172 valence electrons. The lowest BCUT2D eigenvalue weighted by Crippen LogP contribution is -2.24. The van der Waals surface area contributed by atoms with E-state index in [1.54, 1.807) is 49.1 Å². The molecule has 0 aliphatic carbocycles. The Bertz CT molecular complexity index is 1300. The molecule has 7 nitrogen and oxygen atoms in total. The van der Waals surface area contributed by atoms with Crippen molar-refractivity contribution < 1.29 is 13.2 Å². The number of benzene rings is 2. The molecule has 1 amide bonds. The van der Waals surface area contributed by atoms with Crippen LogP contribution in [-0.2, 0) is 27.8 Å². The molecule has 2 aromatic carbocycles. The first-order chi connectivity index (χ1) is 16.1. The van der Waals surface area contributed by atoms with Crippen molar-refractivity contribution in [1.29, 1.82) is 0 Å². The lowest BCUT2D eigenvalue weighted by Gasteiger charge is -2.07. The summed E-state index contributed by atoms with van der Waals surface area (Å²) in [5.41, 5.74) is 1.65. The second-order valence-corrected chi connectivity index (χ2v) is 9.81. The summed E-state index contributed by atoms with van der Waals surface area (Å²) >= 11 is 0. The van der Waals surface area contributed by atoms with Crippen LogP contribution >= 0.6 is 0 Å². The summed E-state index contributed by atoms with van der Waals surface area (Å²) in [7, 11) is -3.67. The Balaban J connectivity index is 1.32. The largest absolute Gasteiger partial charge is 0.356 e. The van der Waals surface area contributed by atoms with Gasteiger partial charge in [0, 0.05) is 43.5 Å². The zero-order valence-corrected chi connectivity index (χ0v) is 19.2. The van der Waals surface area contributed by atoms with Crippen molar-refractivity contribution in [2.24, 2.45) is 0 Å². The van der Waals surface area contributed by atoms with Crippen LogP contribution in [0.15, 0.2) is 84.4 Å². The van der Waals surface area contributed by atoms with Crippen LogP contribution in [0.1, 0.15) is 31.2 Å². The van der Waals surface area contributed by atoms with Crippen molar-refractivity contribution in [3.05, 3.63) is 85.1 Å². The molecule has 0 bridgehead atoms. The number of unbranched alkanes of at least 4 members (excludes halogenated alkanes) is 1. The maximum absolute atomic E-state index is 13.2. The maximum atomic E-state index is 13.2. The number of fused-ring (bicyclic) bond motifs is 1. The van der Waals surface area contributed by atoms with Gasteiger partial charge in [-0.1, -0.05) is 36.4 Å². The summed E-state index contributed by atoms with van der Waals surface area (Å²) < 4.78 is 29.7. The summed E-state index contributed by atoms with van der Waals surface area (Å²) in [4.78, 5) is 16.4. The Kier molecular flexibility index (Phi) is 7.24. The van der Waals surface area contributed by atoms with Gasteiger partial charge >= 0.3 is 0 Å². The van der Waals surface area contributed by atoms with Crippen LogP contribution in [0.25, 0.3) is 10.9 Å². The first-order valence-corrected chi connectivity index (χ1v) is 12.6. The lowest BCUT2D eigenvalue weighted by atomic mass is 10.1. The van der Waals surface area contributed by atoms with Gasteiger partial charge in [-0.3, -0.25) is 4.79 Å². The number of imidazole rings is 1. The lowest BCUT2D eigenvalue weighted by molar-refractivity contribution is -0.121. The Morgan fingerprint density at radius 2 is 1.76 bits per heavy atom. The van der Waals surface area contributed by atoms with E-state index in [0.29, 0.717) is 24.9 Å². The van der Waals surface area contributed by atoms with Gasteiger partial charge in [0.05, 0.1) is 16.7 Å². The van der Waals surface area contributed by atoms with Crippen molar-refractivity contribution in [3.8, 4) is 0 Å². The third-order valence-corrected chi connectivity index (χ3v) is 7.32. The fourth-order valence-electron chi connectivity index (χ4n) is 3.92.